The van der Waals surface area contributed by atoms with Crippen LogP contribution in [0.1, 0.15) is 12.5 Å². The lowest BCUT2D eigenvalue weighted by molar-refractivity contribution is 0.275. The summed E-state index contributed by atoms with van der Waals surface area (Å²) in [6.07, 6.45) is 0. The Morgan fingerprint density at radius 3 is 2.78 bits per heavy atom. The zero-order valence-electron chi connectivity index (χ0n) is 10.7. The molecular formula is C13H18ClN3S. The second kappa shape index (κ2) is 5.43. The van der Waals surface area contributed by atoms with Crippen LogP contribution in [0.4, 0.5) is 5.69 Å². The summed E-state index contributed by atoms with van der Waals surface area (Å²) in [6.45, 7) is 5.28. The van der Waals surface area contributed by atoms with E-state index in [1.54, 1.807) is 0 Å². The van der Waals surface area contributed by atoms with Crippen LogP contribution in [-0.2, 0) is 0 Å². The van der Waals surface area contributed by atoms with Crippen LogP contribution in [0.3, 0.4) is 0 Å². The third-order valence-corrected chi connectivity index (χ3v) is 3.82. The largest absolute Gasteiger partial charge is 0.389 e. The van der Waals surface area contributed by atoms with Crippen molar-refractivity contribution in [2.75, 3.05) is 31.6 Å². The lowest BCUT2D eigenvalue weighted by atomic mass is 10.1. The van der Waals surface area contributed by atoms with Gasteiger partial charge in [0, 0.05) is 41.9 Å². The molecule has 3 nitrogen and oxygen atoms in total. The first kappa shape index (κ1) is 13.6. The molecule has 1 aromatic carbocycles. The number of piperazine rings is 1. The maximum atomic E-state index is 6.02. The minimum absolute atomic E-state index is 0.402. The molecule has 1 heterocycles. The number of nitrogens with zero attached hydrogens (tertiary/aromatic N) is 2. The smallest absolute Gasteiger partial charge is 0.106 e. The predicted molar refractivity (Wildman–Crippen MR) is 81.6 cm³/mol. The van der Waals surface area contributed by atoms with Crippen molar-refractivity contribution >= 4 is 34.5 Å². The van der Waals surface area contributed by atoms with Crippen molar-refractivity contribution in [2.45, 2.75) is 13.0 Å². The first-order valence-electron chi connectivity index (χ1n) is 6.03. The average Bonchev–Trinajstić information content (AvgIpc) is 2.29. The molecule has 0 spiro atoms. The molecule has 1 aliphatic rings. The summed E-state index contributed by atoms with van der Waals surface area (Å²) in [5.41, 5.74) is 7.76. The fourth-order valence-electron chi connectivity index (χ4n) is 2.45. The van der Waals surface area contributed by atoms with Crippen molar-refractivity contribution in [1.82, 2.24) is 4.90 Å². The Bertz CT molecular complexity index is 464. The highest BCUT2D eigenvalue weighted by molar-refractivity contribution is 7.80. The van der Waals surface area contributed by atoms with Gasteiger partial charge in [-0.05, 0) is 32.2 Å². The van der Waals surface area contributed by atoms with E-state index in [4.69, 9.17) is 29.6 Å². The highest BCUT2D eigenvalue weighted by Crippen LogP contribution is 2.27. The number of rotatable bonds is 2. The zero-order valence-corrected chi connectivity index (χ0v) is 12.3. The number of hydrogen-bond acceptors (Lipinski definition) is 3. The maximum Gasteiger partial charge on any atom is 0.106 e. The first-order chi connectivity index (χ1) is 8.49. The molecule has 0 radical (unpaired) electrons. The molecule has 0 aliphatic carbocycles. The topological polar surface area (TPSA) is 32.5 Å². The van der Waals surface area contributed by atoms with Gasteiger partial charge < -0.3 is 15.5 Å². The van der Waals surface area contributed by atoms with E-state index < -0.39 is 0 Å². The second-order valence-corrected chi connectivity index (χ2v) is 5.71. The molecule has 0 bridgehead atoms. The summed E-state index contributed by atoms with van der Waals surface area (Å²) in [5, 5.41) is 0.670. The van der Waals surface area contributed by atoms with Gasteiger partial charge in [-0.15, -0.1) is 0 Å². The van der Waals surface area contributed by atoms with Crippen molar-refractivity contribution in [3.8, 4) is 0 Å². The number of benzene rings is 1. The molecule has 0 amide bonds. The number of halogens is 1. The van der Waals surface area contributed by atoms with Gasteiger partial charge in [-0.3, -0.25) is 0 Å². The van der Waals surface area contributed by atoms with Crippen LogP contribution in [0.2, 0.25) is 5.02 Å². The van der Waals surface area contributed by atoms with Crippen LogP contribution in [0.5, 0.6) is 0 Å². The van der Waals surface area contributed by atoms with E-state index in [-0.39, 0.29) is 0 Å². The van der Waals surface area contributed by atoms with Gasteiger partial charge in [0.25, 0.3) is 0 Å². The van der Waals surface area contributed by atoms with Crippen molar-refractivity contribution in [1.29, 1.82) is 0 Å². The van der Waals surface area contributed by atoms with Crippen LogP contribution in [0.15, 0.2) is 18.2 Å². The number of likely N-dealkylation sites (N-methyl/N-ethyl adjacent to an activating group) is 1. The van der Waals surface area contributed by atoms with Gasteiger partial charge in [-0.1, -0.05) is 23.8 Å². The normalized spacial score (nSPS) is 21.1. The summed E-state index contributed by atoms with van der Waals surface area (Å²) in [7, 11) is 2.14. The van der Waals surface area contributed by atoms with Crippen molar-refractivity contribution in [3.63, 3.8) is 0 Å². The van der Waals surface area contributed by atoms with Gasteiger partial charge in [0.2, 0.25) is 0 Å². The molecule has 1 saturated heterocycles. The summed E-state index contributed by atoms with van der Waals surface area (Å²) < 4.78 is 0. The minimum atomic E-state index is 0.402. The number of hydrogen-bond donors (Lipinski definition) is 1. The molecule has 5 heteroatoms. The fraction of sp³-hybridized carbons (Fsp3) is 0.462. The zero-order chi connectivity index (χ0) is 13.3. The van der Waals surface area contributed by atoms with Crippen molar-refractivity contribution in [2.24, 2.45) is 5.73 Å². The van der Waals surface area contributed by atoms with Crippen molar-refractivity contribution in [3.05, 3.63) is 28.8 Å². The van der Waals surface area contributed by atoms with Gasteiger partial charge in [-0.25, -0.2) is 0 Å². The lowest BCUT2D eigenvalue weighted by Crippen LogP contribution is -2.51. The van der Waals surface area contributed by atoms with E-state index >= 15 is 0 Å². The molecule has 1 aliphatic heterocycles. The molecule has 2 rings (SSSR count). The summed E-state index contributed by atoms with van der Waals surface area (Å²) in [5.74, 6) is 0. The second-order valence-electron chi connectivity index (χ2n) is 4.83. The van der Waals surface area contributed by atoms with Crippen LogP contribution in [0, 0.1) is 0 Å². The number of anilines is 1. The molecular weight excluding hydrogens is 266 g/mol. The summed E-state index contributed by atoms with van der Waals surface area (Å²) in [4.78, 5) is 5.08. The molecule has 1 unspecified atom stereocenters. The molecule has 0 aromatic heterocycles. The highest BCUT2D eigenvalue weighted by Gasteiger charge is 2.24. The Hall–Kier alpha value is -0.840. The number of thiocarbonyl (C=S) groups is 1. The molecule has 2 N–H and O–H groups in total. The molecule has 1 aromatic rings. The van der Waals surface area contributed by atoms with E-state index in [2.05, 4.69) is 23.8 Å². The summed E-state index contributed by atoms with van der Waals surface area (Å²) >= 11 is 11.1. The van der Waals surface area contributed by atoms with Gasteiger partial charge in [-0.2, -0.15) is 0 Å². The molecule has 1 atom stereocenters. The molecule has 98 valence electrons. The minimum Gasteiger partial charge on any atom is -0.389 e. The Kier molecular flexibility index (Phi) is 4.10. The Morgan fingerprint density at radius 1 is 1.44 bits per heavy atom. The lowest BCUT2D eigenvalue weighted by Gasteiger charge is -2.40. The van der Waals surface area contributed by atoms with Crippen LogP contribution in [0.25, 0.3) is 0 Å². The standard InChI is InChI=1S/C13H18ClN3S/c1-9-8-16(2)5-6-17(9)12-4-3-10(14)7-11(12)13(15)18/h3-4,7,9H,5-6,8H2,1-2H3,(H2,15,18). The SMILES string of the molecule is CC1CN(C)CCN1c1ccc(Cl)cc1C(N)=S. The van der Waals surface area contributed by atoms with E-state index in [9.17, 15) is 0 Å². The van der Waals surface area contributed by atoms with Crippen molar-refractivity contribution < 1.29 is 0 Å². The Morgan fingerprint density at radius 2 is 2.17 bits per heavy atom. The Balaban J connectivity index is 2.35. The average molecular weight is 284 g/mol. The Labute approximate surface area is 119 Å². The summed E-state index contributed by atoms with van der Waals surface area (Å²) in [6, 6.07) is 6.20. The van der Waals surface area contributed by atoms with E-state index in [1.807, 2.05) is 18.2 Å². The van der Waals surface area contributed by atoms with Gasteiger partial charge in [0.1, 0.15) is 4.99 Å². The van der Waals surface area contributed by atoms with Gasteiger partial charge in [0.15, 0.2) is 0 Å². The molecule has 0 saturated carbocycles. The van der Waals surface area contributed by atoms with E-state index in [1.165, 1.54) is 0 Å². The van der Waals surface area contributed by atoms with Crippen LogP contribution >= 0.6 is 23.8 Å². The van der Waals surface area contributed by atoms with Crippen LogP contribution < -0.4 is 10.6 Å². The van der Waals surface area contributed by atoms with E-state index in [0.29, 0.717) is 16.1 Å². The fourth-order valence-corrected chi connectivity index (χ4v) is 2.79. The van der Waals surface area contributed by atoms with E-state index in [0.717, 1.165) is 30.9 Å². The first-order valence-corrected chi connectivity index (χ1v) is 6.82. The third-order valence-electron chi connectivity index (χ3n) is 3.36. The quantitative estimate of drug-likeness (QED) is 0.843. The number of nitrogens with two attached hydrogens (primary N) is 1. The predicted octanol–water partition coefficient (Wildman–Crippen LogP) is 2.11. The van der Waals surface area contributed by atoms with Gasteiger partial charge >= 0.3 is 0 Å². The third kappa shape index (κ3) is 2.76. The molecule has 1 fully saturated rings. The van der Waals surface area contributed by atoms with Gasteiger partial charge in [0.05, 0.1) is 0 Å². The van der Waals surface area contributed by atoms with Crippen LogP contribution in [-0.4, -0.2) is 42.6 Å². The monoisotopic (exact) mass is 283 g/mol. The highest BCUT2D eigenvalue weighted by atomic mass is 35.5. The molecule has 18 heavy (non-hydrogen) atoms. The maximum absolute atomic E-state index is 6.02.